The molecule has 0 spiro atoms. The lowest BCUT2D eigenvalue weighted by molar-refractivity contribution is -0.128. The Morgan fingerprint density at radius 2 is 2.32 bits per heavy atom. The van der Waals surface area contributed by atoms with Crippen LogP contribution >= 0.6 is 15.9 Å². The predicted octanol–water partition coefficient (Wildman–Crippen LogP) is 1.76. The molecular formula is C13H19BrN4O. The van der Waals surface area contributed by atoms with E-state index in [1.807, 2.05) is 19.9 Å². The molecule has 1 aliphatic heterocycles. The molecule has 6 heteroatoms. The average molecular weight is 327 g/mol. The number of carbonyl (C=O) groups is 1. The highest BCUT2D eigenvalue weighted by molar-refractivity contribution is 9.10. The zero-order valence-corrected chi connectivity index (χ0v) is 13.1. The fourth-order valence-electron chi connectivity index (χ4n) is 2.42. The van der Waals surface area contributed by atoms with Gasteiger partial charge in [-0.25, -0.2) is 9.97 Å². The normalized spacial score (nSPS) is 22.6. The third-order valence-electron chi connectivity index (χ3n) is 3.62. The van der Waals surface area contributed by atoms with Gasteiger partial charge >= 0.3 is 0 Å². The molecule has 104 valence electrons. The Morgan fingerprint density at radius 1 is 1.58 bits per heavy atom. The number of amides is 1. The fraction of sp³-hybridized carbons (Fsp3) is 0.615. The van der Waals surface area contributed by atoms with Crippen LogP contribution in [0, 0.1) is 5.41 Å². The van der Waals surface area contributed by atoms with Crippen molar-refractivity contribution in [2.24, 2.45) is 5.41 Å². The molecule has 1 fully saturated rings. The fourth-order valence-corrected chi connectivity index (χ4v) is 2.82. The quantitative estimate of drug-likeness (QED) is 0.860. The van der Waals surface area contributed by atoms with Crippen LogP contribution in [-0.2, 0) is 11.2 Å². The molecule has 1 aromatic heterocycles. The minimum Gasteiger partial charge on any atom is -0.359 e. The number of hydrogen-bond acceptors (Lipinski definition) is 4. The van der Waals surface area contributed by atoms with E-state index >= 15 is 0 Å². The molecule has 2 rings (SSSR count). The molecule has 1 aliphatic rings. The van der Waals surface area contributed by atoms with Crippen molar-refractivity contribution in [1.82, 2.24) is 15.3 Å². The van der Waals surface area contributed by atoms with Gasteiger partial charge in [-0.1, -0.05) is 6.92 Å². The maximum Gasteiger partial charge on any atom is 0.227 e. The van der Waals surface area contributed by atoms with E-state index in [9.17, 15) is 4.79 Å². The number of anilines is 1. The van der Waals surface area contributed by atoms with Gasteiger partial charge in [-0.05, 0) is 29.3 Å². The Kier molecular flexibility index (Phi) is 4.08. The standard InChI is InChI=1S/C13H19BrN4O/c1-4-10-16-9(14)7-11(17-10)18-6-5-13(2,8-18)12(19)15-3/h7H,4-6,8H2,1-3H3,(H,15,19). The number of carbonyl (C=O) groups excluding carboxylic acids is 1. The molecule has 1 N–H and O–H groups in total. The lowest BCUT2D eigenvalue weighted by Gasteiger charge is -2.23. The van der Waals surface area contributed by atoms with Crippen LogP contribution in [0.1, 0.15) is 26.1 Å². The number of nitrogens with one attached hydrogen (secondary N) is 1. The minimum absolute atomic E-state index is 0.0961. The number of hydrogen-bond donors (Lipinski definition) is 1. The maximum atomic E-state index is 11.9. The van der Waals surface area contributed by atoms with E-state index in [4.69, 9.17) is 0 Å². The number of rotatable bonds is 3. The summed E-state index contributed by atoms with van der Waals surface area (Å²) in [5.74, 6) is 1.81. The molecule has 0 bridgehead atoms. The molecule has 0 radical (unpaired) electrons. The van der Waals surface area contributed by atoms with Crippen LogP contribution in [0.4, 0.5) is 5.82 Å². The lowest BCUT2D eigenvalue weighted by Crippen LogP contribution is -2.39. The molecule has 0 aromatic carbocycles. The average Bonchev–Trinajstić information content (AvgIpc) is 2.81. The van der Waals surface area contributed by atoms with Crippen LogP contribution in [0.2, 0.25) is 0 Å². The topological polar surface area (TPSA) is 58.1 Å². The van der Waals surface area contributed by atoms with Crippen molar-refractivity contribution in [1.29, 1.82) is 0 Å². The van der Waals surface area contributed by atoms with Crippen molar-refractivity contribution in [2.75, 3.05) is 25.0 Å². The first kappa shape index (κ1) is 14.2. The van der Waals surface area contributed by atoms with Gasteiger partial charge in [-0.2, -0.15) is 0 Å². The summed E-state index contributed by atoms with van der Waals surface area (Å²) in [4.78, 5) is 22.9. The Morgan fingerprint density at radius 3 is 2.95 bits per heavy atom. The SMILES string of the molecule is CCc1nc(Br)cc(N2CCC(C)(C(=O)NC)C2)n1. The highest BCUT2D eigenvalue weighted by atomic mass is 79.9. The number of aromatic nitrogens is 2. The zero-order chi connectivity index (χ0) is 14.0. The second-order valence-electron chi connectivity index (χ2n) is 5.13. The molecule has 2 heterocycles. The van der Waals surface area contributed by atoms with E-state index in [1.165, 1.54) is 0 Å². The molecule has 1 amide bonds. The number of nitrogens with zero attached hydrogens (tertiary/aromatic N) is 3. The van der Waals surface area contributed by atoms with Crippen LogP contribution in [-0.4, -0.2) is 36.0 Å². The van der Waals surface area contributed by atoms with E-state index < -0.39 is 0 Å². The van der Waals surface area contributed by atoms with Crippen LogP contribution in [0.25, 0.3) is 0 Å². The smallest absolute Gasteiger partial charge is 0.227 e. The molecule has 1 atom stereocenters. The van der Waals surface area contributed by atoms with Gasteiger partial charge < -0.3 is 10.2 Å². The minimum atomic E-state index is -0.335. The van der Waals surface area contributed by atoms with E-state index in [0.29, 0.717) is 6.54 Å². The molecule has 19 heavy (non-hydrogen) atoms. The van der Waals surface area contributed by atoms with Gasteiger partial charge in [0, 0.05) is 32.6 Å². The van der Waals surface area contributed by atoms with Gasteiger partial charge in [-0.15, -0.1) is 0 Å². The first-order valence-corrected chi connectivity index (χ1v) is 7.28. The van der Waals surface area contributed by atoms with Gasteiger partial charge in [0.25, 0.3) is 0 Å². The molecule has 1 aromatic rings. The highest BCUT2D eigenvalue weighted by Gasteiger charge is 2.40. The van der Waals surface area contributed by atoms with Crippen molar-refractivity contribution >= 4 is 27.7 Å². The van der Waals surface area contributed by atoms with Gasteiger partial charge in [0.05, 0.1) is 5.41 Å². The second kappa shape index (κ2) is 5.45. The first-order chi connectivity index (χ1) is 8.98. The number of halogens is 1. The monoisotopic (exact) mass is 326 g/mol. The van der Waals surface area contributed by atoms with Gasteiger partial charge in [0.15, 0.2) is 0 Å². The molecule has 0 saturated carbocycles. The van der Waals surface area contributed by atoms with Gasteiger partial charge in [0.2, 0.25) is 5.91 Å². The first-order valence-electron chi connectivity index (χ1n) is 6.49. The summed E-state index contributed by atoms with van der Waals surface area (Å²) in [6, 6.07) is 1.91. The Bertz CT molecular complexity index is 494. The summed E-state index contributed by atoms with van der Waals surface area (Å²) in [6.45, 7) is 5.57. The summed E-state index contributed by atoms with van der Waals surface area (Å²) in [6.07, 6.45) is 1.64. The van der Waals surface area contributed by atoms with Crippen molar-refractivity contribution < 1.29 is 4.79 Å². The van der Waals surface area contributed by atoms with E-state index in [-0.39, 0.29) is 11.3 Å². The van der Waals surface area contributed by atoms with E-state index in [1.54, 1.807) is 7.05 Å². The molecule has 1 unspecified atom stereocenters. The van der Waals surface area contributed by atoms with Crippen molar-refractivity contribution in [3.8, 4) is 0 Å². The highest BCUT2D eigenvalue weighted by Crippen LogP contribution is 2.33. The van der Waals surface area contributed by atoms with E-state index in [0.717, 1.165) is 35.6 Å². The summed E-state index contributed by atoms with van der Waals surface area (Å²) in [5.41, 5.74) is -0.335. The third kappa shape index (κ3) is 2.88. The zero-order valence-electron chi connectivity index (χ0n) is 11.5. The van der Waals surface area contributed by atoms with Crippen LogP contribution in [0.5, 0.6) is 0 Å². The molecule has 5 nitrogen and oxygen atoms in total. The Hall–Kier alpha value is -1.17. The third-order valence-corrected chi connectivity index (χ3v) is 4.02. The summed E-state index contributed by atoms with van der Waals surface area (Å²) < 4.78 is 0.794. The van der Waals surface area contributed by atoms with Crippen LogP contribution < -0.4 is 10.2 Å². The van der Waals surface area contributed by atoms with Crippen LogP contribution in [0.15, 0.2) is 10.7 Å². The maximum absolute atomic E-state index is 11.9. The predicted molar refractivity (Wildman–Crippen MR) is 78.1 cm³/mol. The molecule has 1 saturated heterocycles. The van der Waals surface area contributed by atoms with Crippen LogP contribution in [0.3, 0.4) is 0 Å². The summed E-state index contributed by atoms with van der Waals surface area (Å²) in [5, 5.41) is 2.75. The summed E-state index contributed by atoms with van der Waals surface area (Å²) in [7, 11) is 1.69. The van der Waals surface area contributed by atoms with Crippen molar-refractivity contribution in [2.45, 2.75) is 26.7 Å². The van der Waals surface area contributed by atoms with E-state index in [2.05, 4.69) is 36.1 Å². The summed E-state index contributed by atoms with van der Waals surface area (Å²) >= 11 is 3.41. The lowest BCUT2D eigenvalue weighted by atomic mass is 9.89. The Labute approximate surface area is 121 Å². The Balaban J connectivity index is 2.21. The largest absolute Gasteiger partial charge is 0.359 e. The van der Waals surface area contributed by atoms with Gasteiger partial charge in [-0.3, -0.25) is 4.79 Å². The van der Waals surface area contributed by atoms with Gasteiger partial charge in [0.1, 0.15) is 16.2 Å². The molecular weight excluding hydrogens is 308 g/mol. The van der Waals surface area contributed by atoms with Crippen molar-refractivity contribution in [3.05, 3.63) is 16.5 Å². The number of aryl methyl sites for hydroxylation is 1. The second-order valence-corrected chi connectivity index (χ2v) is 5.94. The van der Waals surface area contributed by atoms with Crippen molar-refractivity contribution in [3.63, 3.8) is 0 Å². The molecule has 0 aliphatic carbocycles.